The lowest BCUT2D eigenvalue weighted by atomic mass is 10.2. The van der Waals surface area contributed by atoms with Crippen molar-refractivity contribution in [3.63, 3.8) is 0 Å². The first-order valence-corrected chi connectivity index (χ1v) is 6.60. The van der Waals surface area contributed by atoms with Gasteiger partial charge >= 0.3 is 12.4 Å². The zero-order valence-electron chi connectivity index (χ0n) is 11.9. The fraction of sp³-hybridized carbons (Fsp3) is 0.286. The van der Waals surface area contributed by atoms with Crippen LogP contribution >= 0.6 is 0 Å². The smallest absolute Gasteiger partial charge is 0.421 e. The SMILES string of the molecule is FC(F)(F)c1ccnc(NCCOc2ncccc2C(F)(F)F)c1. The summed E-state index contributed by atoms with van der Waals surface area (Å²) in [5.74, 6) is -0.658. The van der Waals surface area contributed by atoms with Crippen LogP contribution in [0.15, 0.2) is 36.7 Å². The van der Waals surface area contributed by atoms with Crippen LogP contribution in [0, 0.1) is 0 Å². The van der Waals surface area contributed by atoms with Crippen LogP contribution in [0.3, 0.4) is 0 Å². The summed E-state index contributed by atoms with van der Waals surface area (Å²) >= 11 is 0. The average molecular weight is 351 g/mol. The number of rotatable bonds is 5. The Morgan fingerprint density at radius 2 is 1.71 bits per heavy atom. The zero-order valence-corrected chi connectivity index (χ0v) is 11.9. The Bertz CT molecular complexity index is 687. The molecule has 0 spiro atoms. The molecule has 0 unspecified atom stereocenters. The lowest BCUT2D eigenvalue weighted by molar-refractivity contribution is -0.139. The maximum Gasteiger partial charge on any atom is 0.421 e. The summed E-state index contributed by atoms with van der Waals surface area (Å²) in [4.78, 5) is 7.19. The summed E-state index contributed by atoms with van der Waals surface area (Å²) in [6.07, 6.45) is -7.00. The fourth-order valence-electron chi connectivity index (χ4n) is 1.75. The van der Waals surface area contributed by atoms with Gasteiger partial charge in [-0.2, -0.15) is 26.3 Å². The molecule has 0 bridgehead atoms. The Labute approximate surface area is 132 Å². The molecule has 2 aromatic rings. The predicted octanol–water partition coefficient (Wildman–Crippen LogP) is 4.01. The number of aromatic nitrogens is 2. The maximum atomic E-state index is 12.7. The highest BCUT2D eigenvalue weighted by atomic mass is 19.4. The van der Waals surface area contributed by atoms with E-state index in [1.807, 2.05) is 0 Å². The van der Waals surface area contributed by atoms with Gasteiger partial charge in [-0.15, -0.1) is 0 Å². The van der Waals surface area contributed by atoms with Gasteiger partial charge < -0.3 is 10.1 Å². The van der Waals surface area contributed by atoms with Crippen LogP contribution in [0.4, 0.5) is 32.2 Å². The number of ether oxygens (including phenoxy) is 1. The minimum atomic E-state index is -4.61. The van der Waals surface area contributed by atoms with E-state index in [-0.39, 0.29) is 19.0 Å². The van der Waals surface area contributed by atoms with Crippen molar-refractivity contribution in [2.75, 3.05) is 18.5 Å². The van der Waals surface area contributed by atoms with E-state index in [1.54, 1.807) is 0 Å². The maximum absolute atomic E-state index is 12.7. The van der Waals surface area contributed by atoms with Gasteiger partial charge in [0.25, 0.3) is 0 Å². The van der Waals surface area contributed by atoms with Crippen molar-refractivity contribution in [1.82, 2.24) is 9.97 Å². The molecule has 2 heterocycles. The fourth-order valence-corrected chi connectivity index (χ4v) is 1.75. The summed E-state index contributed by atoms with van der Waals surface area (Å²) in [7, 11) is 0. The number of hydrogen-bond acceptors (Lipinski definition) is 4. The van der Waals surface area contributed by atoms with Crippen LogP contribution in [0.1, 0.15) is 11.1 Å². The first-order chi connectivity index (χ1) is 11.2. The van der Waals surface area contributed by atoms with Gasteiger partial charge in [0.05, 0.1) is 12.1 Å². The molecule has 0 amide bonds. The van der Waals surface area contributed by atoms with Gasteiger partial charge in [0.2, 0.25) is 5.88 Å². The summed E-state index contributed by atoms with van der Waals surface area (Å²) in [6.45, 7) is -0.291. The van der Waals surface area contributed by atoms with Crippen molar-refractivity contribution in [3.05, 3.63) is 47.8 Å². The van der Waals surface area contributed by atoms with Gasteiger partial charge in [0.15, 0.2) is 0 Å². The molecule has 10 heteroatoms. The average Bonchev–Trinajstić information content (AvgIpc) is 2.50. The highest BCUT2D eigenvalue weighted by Gasteiger charge is 2.35. The van der Waals surface area contributed by atoms with Crippen molar-refractivity contribution in [2.24, 2.45) is 0 Å². The lowest BCUT2D eigenvalue weighted by Gasteiger charge is -2.13. The van der Waals surface area contributed by atoms with E-state index >= 15 is 0 Å². The third-order valence-electron chi connectivity index (χ3n) is 2.81. The molecule has 2 rings (SSSR count). The number of alkyl halides is 6. The van der Waals surface area contributed by atoms with Gasteiger partial charge in [-0.1, -0.05) is 0 Å². The second kappa shape index (κ2) is 6.93. The molecule has 4 nitrogen and oxygen atoms in total. The molecular weight excluding hydrogens is 340 g/mol. The Hall–Kier alpha value is -2.52. The zero-order chi connectivity index (χ0) is 17.8. The third-order valence-corrected chi connectivity index (χ3v) is 2.81. The highest BCUT2D eigenvalue weighted by molar-refractivity contribution is 5.38. The standard InChI is InChI=1S/C14H11F6N3O/c15-13(16,17)9-3-5-21-11(8-9)22-6-7-24-12-10(14(18,19)20)2-1-4-23-12/h1-5,8H,6-7H2,(H,21,22). The Morgan fingerprint density at radius 3 is 2.38 bits per heavy atom. The van der Waals surface area contributed by atoms with Gasteiger partial charge in [-0.3, -0.25) is 0 Å². The molecule has 0 aliphatic carbocycles. The number of hydrogen-bond donors (Lipinski definition) is 1. The first-order valence-electron chi connectivity index (χ1n) is 6.60. The predicted molar refractivity (Wildman–Crippen MR) is 72.5 cm³/mol. The minimum Gasteiger partial charge on any atom is -0.475 e. The molecular formula is C14H11F6N3O. The number of nitrogens with one attached hydrogen (secondary N) is 1. The molecule has 0 fully saturated rings. The van der Waals surface area contributed by atoms with Crippen molar-refractivity contribution >= 4 is 5.82 Å². The van der Waals surface area contributed by atoms with E-state index in [9.17, 15) is 26.3 Å². The van der Waals surface area contributed by atoms with Crippen LogP contribution < -0.4 is 10.1 Å². The van der Waals surface area contributed by atoms with Gasteiger partial charge in [0.1, 0.15) is 18.0 Å². The summed E-state index contributed by atoms with van der Waals surface area (Å²) < 4.78 is 80.7. The van der Waals surface area contributed by atoms with Crippen molar-refractivity contribution in [1.29, 1.82) is 0 Å². The molecule has 24 heavy (non-hydrogen) atoms. The number of halogens is 6. The quantitative estimate of drug-likeness (QED) is 0.653. The molecule has 0 aromatic carbocycles. The monoisotopic (exact) mass is 351 g/mol. The van der Waals surface area contributed by atoms with E-state index in [1.165, 1.54) is 0 Å². The van der Waals surface area contributed by atoms with Gasteiger partial charge in [-0.05, 0) is 24.3 Å². The molecule has 130 valence electrons. The molecule has 0 radical (unpaired) electrons. The molecule has 1 N–H and O–H groups in total. The van der Waals surface area contributed by atoms with E-state index in [0.29, 0.717) is 0 Å². The van der Waals surface area contributed by atoms with Gasteiger partial charge in [-0.25, -0.2) is 9.97 Å². The van der Waals surface area contributed by atoms with Crippen molar-refractivity contribution in [2.45, 2.75) is 12.4 Å². The molecule has 2 aromatic heterocycles. The van der Waals surface area contributed by atoms with E-state index in [4.69, 9.17) is 4.74 Å². The largest absolute Gasteiger partial charge is 0.475 e. The Balaban J connectivity index is 1.93. The lowest BCUT2D eigenvalue weighted by Crippen LogP contribution is -2.16. The highest BCUT2D eigenvalue weighted by Crippen LogP contribution is 2.34. The first kappa shape index (κ1) is 17.8. The molecule has 0 saturated carbocycles. The number of anilines is 1. The van der Waals surface area contributed by atoms with E-state index < -0.39 is 29.4 Å². The van der Waals surface area contributed by atoms with Crippen LogP contribution in [-0.2, 0) is 12.4 Å². The van der Waals surface area contributed by atoms with Crippen LogP contribution in [0.2, 0.25) is 0 Å². The van der Waals surface area contributed by atoms with Crippen LogP contribution in [0.5, 0.6) is 5.88 Å². The summed E-state index contributed by atoms with van der Waals surface area (Å²) in [6, 6.07) is 3.55. The normalized spacial score (nSPS) is 12.1. The van der Waals surface area contributed by atoms with Crippen LogP contribution in [-0.4, -0.2) is 23.1 Å². The number of nitrogens with zero attached hydrogens (tertiary/aromatic N) is 2. The molecule has 0 aliphatic rings. The van der Waals surface area contributed by atoms with Gasteiger partial charge in [0, 0.05) is 12.4 Å². The summed E-state index contributed by atoms with van der Waals surface area (Å²) in [5, 5.41) is 2.54. The molecule has 0 saturated heterocycles. The number of pyridine rings is 2. The minimum absolute atomic E-state index is 0.0534. The third kappa shape index (κ3) is 4.74. The van der Waals surface area contributed by atoms with E-state index in [2.05, 4.69) is 15.3 Å². The van der Waals surface area contributed by atoms with Crippen LogP contribution in [0.25, 0.3) is 0 Å². The second-order valence-corrected chi connectivity index (χ2v) is 4.56. The van der Waals surface area contributed by atoms with E-state index in [0.717, 1.165) is 36.7 Å². The summed E-state index contributed by atoms with van der Waals surface area (Å²) in [5.41, 5.74) is -1.91. The topological polar surface area (TPSA) is 47.0 Å². The van der Waals surface area contributed by atoms with Crippen molar-refractivity contribution in [3.8, 4) is 5.88 Å². The Kier molecular flexibility index (Phi) is 5.15. The van der Waals surface area contributed by atoms with Crippen molar-refractivity contribution < 1.29 is 31.1 Å². The Morgan fingerprint density at radius 1 is 0.958 bits per heavy atom. The molecule has 0 atom stereocenters. The second-order valence-electron chi connectivity index (χ2n) is 4.56. The molecule has 0 aliphatic heterocycles.